The number of para-hydroxylation sites is 3. The minimum atomic E-state index is 0.111. The SMILES string of the molecule is O=C(NCCc1c[nH]c2ccccc12)C1CCN(Cc2nc3ccccc3[nH]2)CC1. The largest absolute Gasteiger partial charge is 0.361 e. The molecule has 0 atom stereocenters. The number of likely N-dealkylation sites (tertiary alicyclic amines) is 1. The van der Waals surface area contributed by atoms with Crippen molar-refractivity contribution in [1.82, 2.24) is 25.2 Å². The first-order valence-corrected chi connectivity index (χ1v) is 10.7. The molecular formula is C24H27N5O. The molecule has 6 heteroatoms. The summed E-state index contributed by atoms with van der Waals surface area (Å²) >= 11 is 0. The first-order valence-electron chi connectivity index (χ1n) is 10.7. The van der Waals surface area contributed by atoms with Gasteiger partial charge in [0.15, 0.2) is 0 Å². The predicted octanol–water partition coefficient (Wildman–Crippen LogP) is 3.62. The molecule has 1 aliphatic heterocycles. The smallest absolute Gasteiger partial charge is 0.223 e. The summed E-state index contributed by atoms with van der Waals surface area (Å²) in [5.41, 5.74) is 4.50. The fourth-order valence-electron chi connectivity index (χ4n) is 4.45. The van der Waals surface area contributed by atoms with Gasteiger partial charge in [-0.2, -0.15) is 0 Å². The number of imidazole rings is 1. The Morgan fingerprint density at radius 2 is 1.83 bits per heavy atom. The zero-order chi connectivity index (χ0) is 20.3. The van der Waals surface area contributed by atoms with Gasteiger partial charge in [-0.25, -0.2) is 4.98 Å². The van der Waals surface area contributed by atoms with Crippen molar-refractivity contribution in [3.63, 3.8) is 0 Å². The molecular weight excluding hydrogens is 374 g/mol. The van der Waals surface area contributed by atoms with Crippen molar-refractivity contribution in [2.24, 2.45) is 5.92 Å². The summed E-state index contributed by atoms with van der Waals surface area (Å²) < 4.78 is 0. The number of hydrogen-bond donors (Lipinski definition) is 3. The van der Waals surface area contributed by atoms with Gasteiger partial charge in [-0.05, 0) is 56.1 Å². The Bertz CT molecular complexity index is 1120. The number of amides is 1. The van der Waals surface area contributed by atoms with Crippen LogP contribution in [0.25, 0.3) is 21.9 Å². The molecule has 0 unspecified atom stereocenters. The normalized spacial score (nSPS) is 15.7. The van der Waals surface area contributed by atoms with Crippen molar-refractivity contribution in [3.8, 4) is 0 Å². The molecule has 0 aliphatic carbocycles. The van der Waals surface area contributed by atoms with Crippen molar-refractivity contribution >= 4 is 27.8 Å². The molecule has 0 radical (unpaired) electrons. The Labute approximate surface area is 175 Å². The fraction of sp³-hybridized carbons (Fsp3) is 0.333. The van der Waals surface area contributed by atoms with Crippen LogP contribution in [0.1, 0.15) is 24.2 Å². The van der Waals surface area contributed by atoms with E-state index in [1.807, 2.05) is 30.5 Å². The average molecular weight is 402 g/mol. The molecule has 30 heavy (non-hydrogen) atoms. The van der Waals surface area contributed by atoms with Crippen LogP contribution in [-0.2, 0) is 17.8 Å². The standard InChI is InChI=1S/C24H27N5O/c30-24(25-12-9-18-15-26-20-6-2-1-5-19(18)20)17-10-13-29(14-11-17)16-23-27-21-7-3-4-8-22(21)28-23/h1-8,15,17,26H,9-14,16H2,(H,25,30)(H,27,28). The molecule has 0 bridgehead atoms. The van der Waals surface area contributed by atoms with E-state index in [0.717, 1.165) is 61.3 Å². The van der Waals surface area contributed by atoms with E-state index in [0.29, 0.717) is 6.54 Å². The molecule has 4 aromatic rings. The summed E-state index contributed by atoms with van der Waals surface area (Å²) in [6.07, 6.45) is 4.70. The molecule has 2 aromatic heterocycles. The highest BCUT2D eigenvalue weighted by atomic mass is 16.1. The van der Waals surface area contributed by atoms with Gasteiger partial charge in [-0.1, -0.05) is 30.3 Å². The van der Waals surface area contributed by atoms with Crippen molar-refractivity contribution in [2.75, 3.05) is 19.6 Å². The van der Waals surface area contributed by atoms with Gasteiger partial charge < -0.3 is 15.3 Å². The van der Waals surface area contributed by atoms with Gasteiger partial charge in [0.25, 0.3) is 0 Å². The monoisotopic (exact) mass is 401 g/mol. The number of carbonyl (C=O) groups excluding carboxylic acids is 1. The minimum absolute atomic E-state index is 0.111. The van der Waals surface area contributed by atoms with Crippen molar-refractivity contribution < 1.29 is 4.79 Å². The fourth-order valence-corrected chi connectivity index (χ4v) is 4.45. The van der Waals surface area contributed by atoms with Crippen molar-refractivity contribution in [2.45, 2.75) is 25.8 Å². The molecule has 6 nitrogen and oxygen atoms in total. The summed E-state index contributed by atoms with van der Waals surface area (Å²) in [4.78, 5) is 26.4. The molecule has 0 saturated carbocycles. The molecule has 1 fully saturated rings. The topological polar surface area (TPSA) is 76.8 Å². The van der Waals surface area contributed by atoms with E-state index in [-0.39, 0.29) is 11.8 Å². The molecule has 0 spiro atoms. The third-order valence-electron chi connectivity index (χ3n) is 6.14. The lowest BCUT2D eigenvalue weighted by Gasteiger charge is -2.30. The van der Waals surface area contributed by atoms with Gasteiger partial charge in [-0.15, -0.1) is 0 Å². The lowest BCUT2D eigenvalue weighted by Crippen LogP contribution is -2.40. The summed E-state index contributed by atoms with van der Waals surface area (Å²) in [5, 5.41) is 4.39. The Hall–Kier alpha value is -3.12. The number of fused-ring (bicyclic) bond motifs is 2. The van der Waals surface area contributed by atoms with E-state index >= 15 is 0 Å². The molecule has 1 amide bonds. The predicted molar refractivity (Wildman–Crippen MR) is 119 cm³/mol. The third kappa shape index (κ3) is 3.96. The van der Waals surface area contributed by atoms with Crippen LogP contribution in [0.15, 0.2) is 54.7 Å². The molecule has 5 rings (SSSR count). The van der Waals surface area contributed by atoms with Gasteiger partial charge in [0.2, 0.25) is 5.91 Å². The number of nitrogens with one attached hydrogen (secondary N) is 3. The number of aromatic amines is 2. The summed E-state index contributed by atoms with van der Waals surface area (Å²) in [7, 11) is 0. The number of hydrogen-bond acceptors (Lipinski definition) is 3. The van der Waals surface area contributed by atoms with Crippen LogP contribution in [0.5, 0.6) is 0 Å². The maximum absolute atomic E-state index is 12.6. The van der Waals surface area contributed by atoms with Crippen LogP contribution < -0.4 is 5.32 Å². The van der Waals surface area contributed by atoms with Crippen LogP contribution in [0.4, 0.5) is 0 Å². The van der Waals surface area contributed by atoms with E-state index < -0.39 is 0 Å². The molecule has 2 aromatic carbocycles. The van der Waals surface area contributed by atoms with Crippen molar-refractivity contribution in [1.29, 1.82) is 0 Å². The van der Waals surface area contributed by atoms with Gasteiger partial charge in [0.1, 0.15) is 5.82 Å². The molecule has 3 heterocycles. The van der Waals surface area contributed by atoms with Crippen LogP contribution in [-0.4, -0.2) is 45.4 Å². The van der Waals surface area contributed by atoms with E-state index in [2.05, 4.69) is 49.4 Å². The molecule has 1 aliphatic rings. The number of piperidine rings is 1. The number of aromatic nitrogens is 3. The first kappa shape index (κ1) is 18.9. The highest BCUT2D eigenvalue weighted by Gasteiger charge is 2.25. The quantitative estimate of drug-likeness (QED) is 0.462. The average Bonchev–Trinajstić information content (AvgIpc) is 3.38. The van der Waals surface area contributed by atoms with Crippen LogP contribution in [0.3, 0.4) is 0 Å². The Balaban J connectivity index is 1.09. The van der Waals surface area contributed by atoms with Gasteiger partial charge in [-0.3, -0.25) is 9.69 Å². The second-order valence-corrected chi connectivity index (χ2v) is 8.15. The highest BCUT2D eigenvalue weighted by Crippen LogP contribution is 2.20. The van der Waals surface area contributed by atoms with E-state index in [4.69, 9.17) is 0 Å². The van der Waals surface area contributed by atoms with E-state index in [1.165, 1.54) is 10.9 Å². The van der Waals surface area contributed by atoms with Gasteiger partial charge in [0, 0.05) is 29.6 Å². The summed E-state index contributed by atoms with van der Waals surface area (Å²) in [5.74, 6) is 1.30. The van der Waals surface area contributed by atoms with Gasteiger partial charge in [0.05, 0.1) is 17.6 Å². The van der Waals surface area contributed by atoms with Crippen LogP contribution in [0, 0.1) is 5.92 Å². The number of rotatable bonds is 6. The highest BCUT2D eigenvalue weighted by molar-refractivity contribution is 5.83. The zero-order valence-electron chi connectivity index (χ0n) is 17.0. The van der Waals surface area contributed by atoms with E-state index in [1.54, 1.807) is 0 Å². The number of benzene rings is 2. The third-order valence-corrected chi connectivity index (χ3v) is 6.14. The van der Waals surface area contributed by atoms with Crippen LogP contribution >= 0.6 is 0 Å². The van der Waals surface area contributed by atoms with E-state index in [9.17, 15) is 4.79 Å². The van der Waals surface area contributed by atoms with Crippen LogP contribution in [0.2, 0.25) is 0 Å². The number of nitrogens with zero attached hydrogens (tertiary/aromatic N) is 2. The second kappa shape index (κ2) is 8.32. The minimum Gasteiger partial charge on any atom is -0.361 e. The number of H-pyrrole nitrogens is 2. The number of carbonyl (C=O) groups is 1. The molecule has 154 valence electrons. The first-order chi connectivity index (χ1) is 14.8. The van der Waals surface area contributed by atoms with Crippen molar-refractivity contribution in [3.05, 3.63) is 66.1 Å². The Morgan fingerprint density at radius 3 is 2.67 bits per heavy atom. The maximum atomic E-state index is 12.6. The Morgan fingerprint density at radius 1 is 1.07 bits per heavy atom. The lowest BCUT2D eigenvalue weighted by molar-refractivity contribution is -0.126. The zero-order valence-corrected chi connectivity index (χ0v) is 17.0. The lowest BCUT2D eigenvalue weighted by atomic mass is 9.96. The summed E-state index contributed by atoms with van der Waals surface area (Å²) in [6, 6.07) is 16.4. The second-order valence-electron chi connectivity index (χ2n) is 8.15. The molecule has 1 saturated heterocycles. The molecule has 3 N–H and O–H groups in total. The Kier molecular flexibility index (Phi) is 5.24. The summed E-state index contributed by atoms with van der Waals surface area (Å²) in [6.45, 7) is 3.35. The van der Waals surface area contributed by atoms with Gasteiger partial charge >= 0.3 is 0 Å². The maximum Gasteiger partial charge on any atom is 0.223 e.